The molecule has 0 atom stereocenters. The van der Waals surface area contributed by atoms with Crippen molar-refractivity contribution in [3.63, 3.8) is 0 Å². The molecule has 5 heteroatoms. The minimum Gasteiger partial charge on any atom is -0.393 e. The Morgan fingerprint density at radius 1 is 1.44 bits per heavy atom. The molecule has 0 unspecified atom stereocenters. The van der Waals surface area contributed by atoms with Gasteiger partial charge in [-0.2, -0.15) is 0 Å². The van der Waals surface area contributed by atoms with Crippen molar-refractivity contribution >= 4 is 5.91 Å². The smallest absolute Gasteiger partial charge is 0.234 e. The molecule has 0 aromatic rings. The maximum Gasteiger partial charge on any atom is 0.234 e. The zero-order valence-corrected chi connectivity index (χ0v) is 11.5. The van der Waals surface area contributed by atoms with E-state index in [1.54, 1.807) is 0 Å². The van der Waals surface area contributed by atoms with E-state index in [0.29, 0.717) is 19.7 Å². The number of hydrogen-bond acceptors (Lipinski definition) is 4. The van der Waals surface area contributed by atoms with Crippen molar-refractivity contribution in [2.24, 2.45) is 0 Å². The van der Waals surface area contributed by atoms with Crippen LogP contribution in [-0.2, 0) is 9.53 Å². The van der Waals surface area contributed by atoms with Crippen LogP contribution in [0.5, 0.6) is 0 Å². The zero-order chi connectivity index (χ0) is 13.4. The molecule has 1 amide bonds. The van der Waals surface area contributed by atoms with E-state index in [4.69, 9.17) is 4.74 Å². The summed E-state index contributed by atoms with van der Waals surface area (Å²) in [5.74, 6) is 0.0657. The van der Waals surface area contributed by atoms with Gasteiger partial charge in [0.25, 0.3) is 0 Å². The normalized spacial score (nSPS) is 18.2. The van der Waals surface area contributed by atoms with Crippen molar-refractivity contribution in [1.82, 2.24) is 10.2 Å². The third kappa shape index (κ3) is 6.93. The van der Waals surface area contributed by atoms with Gasteiger partial charge in [-0.15, -0.1) is 0 Å². The summed E-state index contributed by atoms with van der Waals surface area (Å²) in [6.45, 7) is 7.43. The number of aliphatic hydroxyl groups is 1. The van der Waals surface area contributed by atoms with Gasteiger partial charge >= 0.3 is 0 Å². The lowest BCUT2D eigenvalue weighted by Gasteiger charge is -2.28. The average molecular weight is 258 g/mol. The van der Waals surface area contributed by atoms with E-state index >= 15 is 0 Å². The van der Waals surface area contributed by atoms with Gasteiger partial charge in [0.05, 0.1) is 18.8 Å². The fourth-order valence-corrected chi connectivity index (χ4v) is 1.96. The Morgan fingerprint density at radius 3 is 2.72 bits per heavy atom. The van der Waals surface area contributed by atoms with Crippen LogP contribution >= 0.6 is 0 Å². The fourth-order valence-electron chi connectivity index (χ4n) is 1.96. The number of carbonyl (C=O) groups is 1. The second-order valence-corrected chi connectivity index (χ2v) is 5.13. The van der Waals surface area contributed by atoms with E-state index < -0.39 is 0 Å². The van der Waals surface area contributed by atoms with E-state index in [2.05, 4.69) is 10.2 Å². The maximum absolute atomic E-state index is 11.6. The van der Waals surface area contributed by atoms with Crippen LogP contribution in [0.15, 0.2) is 0 Å². The van der Waals surface area contributed by atoms with Gasteiger partial charge in [-0.05, 0) is 33.1 Å². The number of nitrogens with zero attached hydrogens (tertiary/aromatic N) is 1. The van der Waals surface area contributed by atoms with Crippen LogP contribution in [0.3, 0.4) is 0 Å². The number of likely N-dealkylation sites (tertiary alicyclic amines) is 1. The molecular formula is C13H26N2O3. The summed E-state index contributed by atoms with van der Waals surface area (Å²) in [5.41, 5.74) is 0. The highest BCUT2D eigenvalue weighted by Crippen LogP contribution is 2.08. The molecule has 1 rings (SSSR count). The first-order valence-electron chi connectivity index (χ1n) is 6.86. The molecule has 1 heterocycles. The van der Waals surface area contributed by atoms with Gasteiger partial charge in [-0.25, -0.2) is 0 Å². The first-order valence-corrected chi connectivity index (χ1v) is 6.86. The molecule has 0 aliphatic carbocycles. The quantitative estimate of drug-likeness (QED) is 0.648. The number of piperidine rings is 1. The maximum atomic E-state index is 11.6. The summed E-state index contributed by atoms with van der Waals surface area (Å²) in [6, 6.07) is 0. The number of nitrogens with one attached hydrogen (secondary N) is 1. The van der Waals surface area contributed by atoms with Gasteiger partial charge in [0.2, 0.25) is 5.91 Å². The molecule has 0 bridgehead atoms. The Bertz CT molecular complexity index is 238. The van der Waals surface area contributed by atoms with Crippen LogP contribution in [0.1, 0.15) is 33.1 Å². The molecule has 18 heavy (non-hydrogen) atoms. The van der Waals surface area contributed by atoms with Crippen molar-refractivity contribution in [1.29, 1.82) is 0 Å². The topological polar surface area (TPSA) is 61.8 Å². The number of rotatable bonds is 7. The van der Waals surface area contributed by atoms with Crippen LogP contribution in [0.2, 0.25) is 0 Å². The highest BCUT2D eigenvalue weighted by molar-refractivity contribution is 5.77. The first kappa shape index (κ1) is 15.4. The SMILES string of the molecule is CC(C)OCCCNC(=O)CN1CCC(O)CC1. The predicted octanol–water partition coefficient (Wildman–Crippen LogP) is 0.374. The van der Waals surface area contributed by atoms with Crippen LogP contribution < -0.4 is 5.32 Å². The molecule has 0 aromatic carbocycles. The number of ether oxygens (including phenoxy) is 1. The number of carbonyl (C=O) groups excluding carboxylic acids is 1. The van der Waals surface area contributed by atoms with Gasteiger partial charge in [0, 0.05) is 26.2 Å². The third-order valence-corrected chi connectivity index (χ3v) is 3.02. The summed E-state index contributed by atoms with van der Waals surface area (Å²) in [7, 11) is 0. The highest BCUT2D eigenvalue weighted by Gasteiger charge is 2.18. The molecule has 0 spiro atoms. The lowest BCUT2D eigenvalue weighted by Crippen LogP contribution is -2.42. The summed E-state index contributed by atoms with van der Waals surface area (Å²) in [6.07, 6.45) is 2.46. The Labute approximate surface area is 109 Å². The van der Waals surface area contributed by atoms with Gasteiger partial charge in [0.15, 0.2) is 0 Å². The fraction of sp³-hybridized carbons (Fsp3) is 0.923. The molecule has 1 fully saturated rings. The van der Waals surface area contributed by atoms with E-state index in [-0.39, 0.29) is 18.1 Å². The summed E-state index contributed by atoms with van der Waals surface area (Å²) in [4.78, 5) is 13.7. The van der Waals surface area contributed by atoms with E-state index in [1.165, 1.54) is 0 Å². The van der Waals surface area contributed by atoms with Crippen LogP contribution in [-0.4, -0.2) is 60.9 Å². The molecule has 1 saturated heterocycles. The lowest BCUT2D eigenvalue weighted by molar-refractivity contribution is -0.122. The minimum atomic E-state index is -0.183. The van der Waals surface area contributed by atoms with Crippen LogP contribution in [0, 0.1) is 0 Å². The highest BCUT2D eigenvalue weighted by atomic mass is 16.5. The van der Waals surface area contributed by atoms with Gasteiger partial charge in [-0.1, -0.05) is 0 Å². The zero-order valence-electron chi connectivity index (χ0n) is 11.5. The van der Waals surface area contributed by atoms with Crippen molar-refractivity contribution in [2.75, 3.05) is 32.8 Å². The Balaban J connectivity index is 2.00. The summed E-state index contributed by atoms with van der Waals surface area (Å²) in [5, 5.41) is 12.3. The lowest BCUT2D eigenvalue weighted by atomic mass is 10.1. The van der Waals surface area contributed by atoms with Crippen LogP contribution in [0.25, 0.3) is 0 Å². The number of hydrogen-bond donors (Lipinski definition) is 2. The minimum absolute atomic E-state index is 0.0657. The Hall–Kier alpha value is -0.650. The molecule has 0 aromatic heterocycles. The van der Waals surface area contributed by atoms with E-state index in [1.807, 2.05) is 13.8 Å². The molecule has 106 valence electrons. The molecule has 2 N–H and O–H groups in total. The summed E-state index contributed by atoms with van der Waals surface area (Å²) >= 11 is 0. The molecule has 0 radical (unpaired) electrons. The average Bonchev–Trinajstić information content (AvgIpc) is 2.31. The first-order chi connectivity index (χ1) is 8.58. The second kappa shape index (κ2) is 8.45. The van der Waals surface area contributed by atoms with Crippen LogP contribution in [0.4, 0.5) is 0 Å². The van der Waals surface area contributed by atoms with E-state index in [0.717, 1.165) is 32.4 Å². The number of amides is 1. The predicted molar refractivity (Wildman–Crippen MR) is 70.4 cm³/mol. The summed E-state index contributed by atoms with van der Waals surface area (Å²) < 4.78 is 5.40. The molecule has 5 nitrogen and oxygen atoms in total. The van der Waals surface area contributed by atoms with Crippen molar-refractivity contribution in [3.05, 3.63) is 0 Å². The van der Waals surface area contributed by atoms with Crippen molar-refractivity contribution in [3.8, 4) is 0 Å². The largest absolute Gasteiger partial charge is 0.393 e. The molecule has 0 saturated carbocycles. The molecule has 1 aliphatic heterocycles. The third-order valence-electron chi connectivity index (χ3n) is 3.02. The monoisotopic (exact) mass is 258 g/mol. The van der Waals surface area contributed by atoms with Gasteiger partial charge in [-0.3, -0.25) is 9.69 Å². The molecule has 1 aliphatic rings. The Morgan fingerprint density at radius 2 is 2.11 bits per heavy atom. The van der Waals surface area contributed by atoms with E-state index in [9.17, 15) is 9.90 Å². The van der Waals surface area contributed by atoms with Gasteiger partial charge < -0.3 is 15.2 Å². The van der Waals surface area contributed by atoms with Crippen molar-refractivity contribution in [2.45, 2.75) is 45.3 Å². The second-order valence-electron chi connectivity index (χ2n) is 5.13. The van der Waals surface area contributed by atoms with Crippen molar-refractivity contribution < 1.29 is 14.6 Å². The van der Waals surface area contributed by atoms with Gasteiger partial charge in [0.1, 0.15) is 0 Å². The standard InChI is InChI=1S/C13H26N2O3/c1-11(2)18-9-3-6-14-13(17)10-15-7-4-12(16)5-8-15/h11-12,16H,3-10H2,1-2H3,(H,14,17). The molecular weight excluding hydrogens is 232 g/mol. The Kier molecular flexibility index (Phi) is 7.23. The number of aliphatic hydroxyl groups excluding tert-OH is 1.